The topological polar surface area (TPSA) is 50.1 Å². The number of hydrogen-bond acceptors (Lipinski definition) is 3. The van der Waals surface area contributed by atoms with Gasteiger partial charge in [-0.05, 0) is 37.3 Å². The first-order chi connectivity index (χ1) is 10.1. The molecule has 4 heteroatoms. The summed E-state index contributed by atoms with van der Waals surface area (Å²) in [4.78, 5) is 0. The van der Waals surface area contributed by atoms with E-state index in [-0.39, 0.29) is 0 Å². The molecule has 2 atom stereocenters. The Morgan fingerprint density at radius 3 is 3.00 bits per heavy atom. The first kappa shape index (κ1) is 14.3. The van der Waals surface area contributed by atoms with E-state index in [9.17, 15) is 5.11 Å². The minimum atomic E-state index is -0.902. The normalized spacial score (nSPS) is 20.8. The summed E-state index contributed by atoms with van der Waals surface area (Å²) in [7, 11) is 1.87. The maximum Gasteiger partial charge on any atom is 0.102 e. The van der Waals surface area contributed by atoms with Gasteiger partial charge in [-0.3, -0.25) is 4.68 Å². The fourth-order valence-electron chi connectivity index (χ4n) is 3.09. The van der Waals surface area contributed by atoms with Gasteiger partial charge in [0.05, 0.1) is 6.20 Å². The van der Waals surface area contributed by atoms with Gasteiger partial charge in [-0.15, -0.1) is 0 Å². The highest BCUT2D eigenvalue weighted by molar-refractivity contribution is 5.32. The highest BCUT2D eigenvalue weighted by Gasteiger charge is 2.27. The second-order valence-corrected chi connectivity index (χ2v) is 6.20. The highest BCUT2D eigenvalue weighted by Crippen LogP contribution is 2.30. The van der Waals surface area contributed by atoms with Crippen LogP contribution in [0.3, 0.4) is 0 Å². The Hall–Kier alpha value is -1.65. The fraction of sp³-hybridized carbons (Fsp3) is 0.471. The third-order valence-electron chi connectivity index (χ3n) is 4.39. The number of benzene rings is 1. The van der Waals surface area contributed by atoms with E-state index in [1.54, 1.807) is 10.9 Å². The van der Waals surface area contributed by atoms with Crippen LogP contribution in [0, 0.1) is 0 Å². The summed E-state index contributed by atoms with van der Waals surface area (Å²) < 4.78 is 1.72. The van der Waals surface area contributed by atoms with Crippen molar-refractivity contribution < 1.29 is 5.11 Å². The summed E-state index contributed by atoms with van der Waals surface area (Å²) in [6.45, 7) is 2.36. The third kappa shape index (κ3) is 3.01. The Morgan fingerprint density at radius 1 is 1.43 bits per heavy atom. The van der Waals surface area contributed by atoms with Crippen LogP contribution < -0.4 is 5.32 Å². The molecule has 1 aromatic heterocycles. The molecule has 1 heterocycles. The molecule has 0 radical (unpaired) electrons. The average Bonchev–Trinajstić information content (AvgIpc) is 2.93. The van der Waals surface area contributed by atoms with Crippen molar-refractivity contribution in [3.05, 3.63) is 53.3 Å². The van der Waals surface area contributed by atoms with Crippen molar-refractivity contribution in [1.29, 1.82) is 0 Å². The van der Waals surface area contributed by atoms with Gasteiger partial charge < -0.3 is 10.4 Å². The lowest BCUT2D eigenvalue weighted by Crippen LogP contribution is -2.38. The molecule has 0 saturated carbocycles. The standard InChI is InChI=1S/C17H23N3O/c1-17(21,14-10-19-20(2)11-14)12-18-16-9-5-7-13-6-3-4-8-15(13)16/h3-4,6,8,10-11,16,18,21H,5,7,9,12H2,1-2H3. The largest absolute Gasteiger partial charge is 0.384 e. The van der Waals surface area contributed by atoms with Crippen molar-refractivity contribution in [2.45, 2.75) is 37.8 Å². The van der Waals surface area contributed by atoms with Gasteiger partial charge in [0, 0.05) is 31.4 Å². The third-order valence-corrected chi connectivity index (χ3v) is 4.39. The van der Waals surface area contributed by atoms with E-state index in [1.165, 1.54) is 17.5 Å². The van der Waals surface area contributed by atoms with Crippen LogP contribution >= 0.6 is 0 Å². The monoisotopic (exact) mass is 285 g/mol. The van der Waals surface area contributed by atoms with E-state index in [0.29, 0.717) is 12.6 Å². The number of aromatic nitrogens is 2. The first-order valence-corrected chi connectivity index (χ1v) is 7.59. The minimum Gasteiger partial charge on any atom is -0.384 e. The van der Waals surface area contributed by atoms with Crippen LogP contribution in [-0.2, 0) is 19.1 Å². The van der Waals surface area contributed by atoms with Crippen LogP contribution in [0.25, 0.3) is 0 Å². The molecular formula is C17H23N3O. The quantitative estimate of drug-likeness (QED) is 0.906. The van der Waals surface area contributed by atoms with E-state index in [1.807, 2.05) is 20.2 Å². The van der Waals surface area contributed by atoms with Gasteiger partial charge in [0.15, 0.2) is 0 Å². The fourth-order valence-corrected chi connectivity index (χ4v) is 3.09. The second-order valence-electron chi connectivity index (χ2n) is 6.20. The van der Waals surface area contributed by atoms with Gasteiger partial charge in [-0.2, -0.15) is 5.10 Å². The molecule has 1 aromatic carbocycles. The van der Waals surface area contributed by atoms with Crippen LogP contribution in [0.2, 0.25) is 0 Å². The molecule has 21 heavy (non-hydrogen) atoms. The number of aliphatic hydroxyl groups is 1. The zero-order chi connectivity index (χ0) is 14.9. The Morgan fingerprint density at radius 2 is 2.24 bits per heavy atom. The van der Waals surface area contributed by atoms with E-state index in [2.05, 4.69) is 34.7 Å². The number of fused-ring (bicyclic) bond motifs is 1. The lowest BCUT2D eigenvalue weighted by atomic mass is 9.87. The van der Waals surface area contributed by atoms with Crippen LogP contribution in [0.4, 0.5) is 0 Å². The van der Waals surface area contributed by atoms with Gasteiger partial charge in [-0.25, -0.2) is 0 Å². The highest BCUT2D eigenvalue weighted by atomic mass is 16.3. The number of hydrogen-bond donors (Lipinski definition) is 2. The van der Waals surface area contributed by atoms with Crippen molar-refractivity contribution in [1.82, 2.24) is 15.1 Å². The van der Waals surface area contributed by atoms with Gasteiger partial charge >= 0.3 is 0 Å². The molecule has 0 spiro atoms. The zero-order valence-corrected chi connectivity index (χ0v) is 12.7. The van der Waals surface area contributed by atoms with Crippen LogP contribution in [-0.4, -0.2) is 21.4 Å². The number of nitrogens with one attached hydrogen (secondary N) is 1. The van der Waals surface area contributed by atoms with Crippen molar-refractivity contribution in [2.24, 2.45) is 7.05 Å². The molecular weight excluding hydrogens is 262 g/mol. The number of aryl methyl sites for hydroxylation is 2. The molecule has 1 aliphatic rings. The Labute approximate surface area is 125 Å². The summed E-state index contributed by atoms with van der Waals surface area (Å²) in [6.07, 6.45) is 7.09. The molecule has 2 unspecified atom stereocenters. The van der Waals surface area contributed by atoms with Crippen molar-refractivity contribution in [3.63, 3.8) is 0 Å². The van der Waals surface area contributed by atoms with E-state index < -0.39 is 5.60 Å². The van der Waals surface area contributed by atoms with Gasteiger partial charge in [0.1, 0.15) is 5.60 Å². The summed E-state index contributed by atoms with van der Waals surface area (Å²) in [5.41, 5.74) is 2.76. The van der Waals surface area contributed by atoms with Crippen molar-refractivity contribution in [3.8, 4) is 0 Å². The molecule has 0 aliphatic heterocycles. The molecule has 3 rings (SSSR count). The number of rotatable bonds is 4. The summed E-state index contributed by atoms with van der Waals surface area (Å²) in [5.74, 6) is 0. The Kier molecular flexibility index (Phi) is 3.83. The molecule has 1 aliphatic carbocycles. The second kappa shape index (κ2) is 5.62. The maximum absolute atomic E-state index is 10.7. The Bertz CT molecular complexity index is 618. The minimum absolute atomic E-state index is 0.332. The summed E-state index contributed by atoms with van der Waals surface area (Å²) in [5, 5.41) is 18.3. The predicted octanol–water partition coefficient (Wildman–Crippen LogP) is 2.29. The predicted molar refractivity (Wildman–Crippen MR) is 82.9 cm³/mol. The molecule has 2 N–H and O–H groups in total. The lowest BCUT2D eigenvalue weighted by Gasteiger charge is -2.30. The zero-order valence-electron chi connectivity index (χ0n) is 12.7. The molecule has 112 valence electrons. The first-order valence-electron chi connectivity index (χ1n) is 7.59. The van der Waals surface area contributed by atoms with Crippen molar-refractivity contribution >= 4 is 0 Å². The molecule has 0 fully saturated rings. The van der Waals surface area contributed by atoms with Crippen molar-refractivity contribution in [2.75, 3.05) is 6.54 Å². The van der Waals surface area contributed by atoms with Gasteiger partial charge in [0.2, 0.25) is 0 Å². The maximum atomic E-state index is 10.7. The molecule has 0 saturated heterocycles. The van der Waals surface area contributed by atoms with Crippen LogP contribution in [0.5, 0.6) is 0 Å². The van der Waals surface area contributed by atoms with Gasteiger partial charge in [-0.1, -0.05) is 24.3 Å². The van der Waals surface area contributed by atoms with E-state index in [0.717, 1.165) is 18.4 Å². The summed E-state index contributed by atoms with van der Waals surface area (Å²) >= 11 is 0. The molecule has 2 aromatic rings. The SMILES string of the molecule is Cn1cc(C(C)(O)CNC2CCCc3ccccc32)cn1. The van der Waals surface area contributed by atoms with Crippen LogP contribution in [0.15, 0.2) is 36.7 Å². The van der Waals surface area contributed by atoms with Gasteiger partial charge in [0.25, 0.3) is 0 Å². The smallest absolute Gasteiger partial charge is 0.102 e. The molecule has 0 bridgehead atoms. The van der Waals surface area contributed by atoms with E-state index >= 15 is 0 Å². The lowest BCUT2D eigenvalue weighted by molar-refractivity contribution is 0.0530. The van der Waals surface area contributed by atoms with Crippen LogP contribution in [0.1, 0.15) is 42.5 Å². The Balaban J connectivity index is 1.71. The summed E-state index contributed by atoms with van der Waals surface area (Å²) in [6, 6.07) is 8.94. The molecule has 4 nitrogen and oxygen atoms in total. The van der Waals surface area contributed by atoms with E-state index in [4.69, 9.17) is 0 Å². The average molecular weight is 285 g/mol. The number of nitrogens with zero attached hydrogens (tertiary/aromatic N) is 2. The molecule has 0 amide bonds.